The van der Waals surface area contributed by atoms with Crippen LogP contribution in [0.1, 0.15) is 12.0 Å². The maximum Gasteiger partial charge on any atom is 0.269 e. The Kier molecular flexibility index (Phi) is 4.90. The zero-order valence-electron chi connectivity index (χ0n) is 13.6. The number of benzene rings is 2. The Bertz CT molecular complexity index is 734. The van der Waals surface area contributed by atoms with Crippen molar-refractivity contribution in [3.63, 3.8) is 0 Å². The molecule has 3 rings (SSSR count). The highest BCUT2D eigenvalue weighted by atomic mass is 35.5. The zero-order chi connectivity index (χ0) is 17.1. The first-order valence-electron chi connectivity index (χ1n) is 8.05. The number of rotatable bonds is 3. The number of hydrogen-bond acceptors (Lipinski definition) is 4. The van der Waals surface area contributed by atoms with E-state index in [1.54, 1.807) is 12.1 Å². The fourth-order valence-corrected chi connectivity index (χ4v) is 3.17. The molecule has 5 nitrogen and oxygen atoms in total. The lowest BCUT2D eigenvalue weighted by atomic mass is 10.2. The van der Waals surface area contributed by atoms with Crippen molar-refractivity contribution in [1.82, 2.24) is 0 Å². The fourth-order valence-electron chi connectivity index (χ4n) is 3.00. The van der Waals surface area contributed by atoms with Crippen LogP contribution in [0.5, 0.6) is 0 Å². The molecule has 6 heteroatoms. The van der Waals surface area contributed by atoms with Crippen molar-refractivity contribution < 1.29 is 4.92 Å². The summed E-state index contributed by atoms with van der Waals surface area (Å²) in [6.07, 6.45) is 1.03. The summed E-state index contributed by atoms with van der Waals surface area (Å²) in [6.45, 7) is 5.70. The number of nitro benzene ring substituents is 1. The molecule has 1 aliphatic heterocycles. The van der Waals surface area contributed by atoms with Gasteiger partial charge in [0, 0.05) is 54.7 Å². The predicted molar refractivity (Wildman–Crippen MR) is 98.3 cm³/mol. The van der Waals surface area contributed by atoms with Gasteiger partial charge in [-0.3, -0.25) is 10.1 Å². The summed E-state index contributed by atoms with van der Waals surface area (Å²) in [5.41, 5.74) is 3.40. The topological polar surface area (TPSA) is 49.6 Å². The van der Waals surface area contributed by atoms with Crippen LogP contribution in [0, 0.1) is 17.0 Å². The summed E-state index contributed by atoms with van der Waals surface area (Å²) in [5, 5.41) is 11.6. The number of hydrogen-bond donors (Lipinski definition) is 0. The first kappa shape index (κ1) is 16.6. The Hall–Kier alpha value is -2.27. The highest BCUT2D eigenvalue weighted by Gasteiger charge is 2.17. The minimum absolute atomic E-state index is 0.129. The van der Waals surface area contributed by atoms with Gasteiger partial charge in [0.15, 0.2) is 0 Å². The number of non-ortho nitro benzene ring substituents is 1. The molecule has 1 fully saturated rings. The molecule has 0 radical (unpaired) electrons. The molecule has 0 unspecified atom stereocenters. The molecule has 0 aliphatic carbocycles. The Morgan fingerprint density at radius 3 is 2.12 bits per heavy atom. The molecular formula is C18H20ClN3O2. The summed E-state index contributed by atoms with van der Waals surface area (Å²) in [6, 6.07) is 13.0. The average Bonchev–Trinajstić information content (AvgIpc) is 2.83. The van der Waals surface area contributed by atoms with Gasteiger partial charge in [-0.25, -0.2) is 0 Å². The van der Waals surface area contributed by atoms with Gasteiger partial charge < -0.3 is 9.80 Å². The van der Waals surface area contributed by atoms with E-state index in [-0.39, 0.29) is 10.6 Å². The quantitative estimate of drug-likeness (QED) is 0.615. The highest BCUT2D eigenvalue weighted by Crippen LogP contribution is 2.25. The van der Waals surface area contributed by atoms with E-state index in [2.05, 4.69) is 21.9 Å². The van der Waals surface area contributed by atoms with Crippen molar-refractivity contribution >= 4 is 28.7 Å². The van der Waals surface area contributed by atoms with Crippen LogP contribution in [0.15, 0.2) is 42.5 Å². The summed E-state index contributed by atoms with van der Waals surface area (Å²) >= 11 is 6.25. The first-order valence-corrected chi connectivity index (χ1v) is 8.43. The molecule has 0 spiro atoms. The second-order valence-corrected chi connectivity index (χ2v) is 6.44. The second kappa shape index (κ2) is 7.09. The minimum Gasteiger partial charge on any atom is -0.370 e. The molecule has 24 heavy (non-hydrogen) atoms. The monoisotopic (exact) mass is 345 g/mol. The molecule has 2 aromatic rings. The third-order valence-electron chi connectivity index (χ3n) is 4.44. The van der Waals surface area contributed by atoms with Crippen molar-refractivity contribution in [2.75, 3.05) is 36.0 Å². The Morgan fingerprint density at radius 1 is 0.958 bits per heavy atom. The van der Waals surface area contributed by atoms with E-state index in [1.807, 2.05) is 25.1 Å². The van der Waals surface area contributed by atoms with E-state index in [4.69, 9.17) is 11.6 Å². The molecule has 126 valence electrons. The van der Waals surface area contributed by atoms with Crippen LogP contribution in [0.4, 0.5) is 17.1 Å². The summed E-state index contributed by atoms with van der Waals surface area (Å²) < 4.78 is 0. The highest BCUT2D eigenvalue weighted by molar-refractivity contribution is 6.31. The maximum absolute atomic E-state index is 10.8. The van der Waals surface area contributed by atoms with E-state index < -0.39 is 0 Å². The van der Waals surface area contributed by atoms with Crippen molar-refractivity contribution in [3.8, 4) is 0 Å². The third kappa shape index (κ3) is 3.62. The van der Waals surface area contributed by atoms with Crippen LogP contribution in [-0.2, 0) is 0 Å². The van der Waals surface area contributed by atoms with Gasteiger partial charge in [0.05, 0.1) is 4.92 Å². The lowest BCUT2D eigenvalue weighted by Gasteiger charge is -2.25. The smallest absolute Gasteiger partial charge is 0.269 e. The second-order valence-electron chi connectivity index (χ2n) is 6.03. The van der Waals surface area contributed by atoms with Gasteiger partial charge in [0.2, 0.25) is 0 Å². The minimum atomic E-state index is -0.366. The number of anilines is 2. The van der Waals surface area contributed by atoms with Crippen LogP contribution in [0.25, 0.3) is 0 Å². The first-order chi connectivity index (χ1) is 11.5. The maximum atomic E-state index is 10.8. The van der Waals surface area contributed by atoms with Gasteiger partial charge in [-0.1, -0.05) is 17.7 Å². The average molecular weight is 346 g/mol. The number of nitro groups is 1. The van der Waals surface area contributed by atoms with Crippen molar-refractivity contribution in [2.45, 2.75) is 13.3 Å². The predicted octanol–water partition coefficient (Wildman–Crippen LogP) is 4.27. The molecule has 1 saturated heterocycles. The third-order valence-corrected chi connectivity index (χ3v) is 4.85. The standard InChI is InChI=1S/C18H20ClN3O2/c1-14-3-4-17(13-18(14)19)21-10-2-9-20(11-12-21)15-5-7-16(8-6-15)22(23)24/h3-8,13H,2,9-12H2,1H3. The van der Waals surface area contributed by atoms with E-state index >= 15 is 0 Å². The number of nitrogens with zero attached hydrogens (tertiary/aromatic N) is 3. The number of halogens is 1. The van der Waals surface area contributed by atoms with Crippen LogP contribution in [0.3, 0.4) is 0 Å². The lowest BCUT2D eigenvalue weighted by molar-refractivity contribution is -0.384. The van der Waals surface area contributed by atoms with Crippen LogP contribution in [0.2, 0.25) is 5.02 Å². The molecule has 0 bridgehead atoms. The van der Waals surface area contributed by atoms with Gasteiger partial charge in [0.1, 0.15) is 0 Å². The lowest BCUT2D eigenvalue weighted by Crippen LogP contribution is -2.30. The van der Waals surface area contributed by atoms with Gasteiger partial charge in [0.25, 0.3) is 5.69 Å². The van der Waals surface area contributed by atoms with E-state index in [0.717, 1.165) is 54.6 Å². The molecule has 1 aliphatic rings. The summed E-state index contributed by atoms with van der Waals surface area (Å²) in [7, 11) is 0. The molecule has 0 amide bonds. The molecule has 0 atom stereocenters. The molecule has 0 aromatic heterocycles. The Morgan fingerprint density at radius 2 is 1.54 bits per heavy atom. The Balaban J connectivity index is 1.70. The van der Waals surface area contributed by atoms with Gasteiger partial charge in [-0.05, 0) is 43.2 Å². The van der Waals surface area contributed by atoms with Crippen molar-refractivity contribution in [2.24, 2.45) is 0 Å². The van der Waals surface area contributed by atoms with Crippen LogP contribution < -0.4 is 9.80 Å². The van der Waals surface area contributed by atoms with E-state index in [1.165, 1.54) is 0 Å². The zero-order valence-corrected chi connectivity index (χ0v) is 14.4. The molecular weight excluding hydrogens is 326 g/mol. The van der Waals surface area contributed by atoms with Crippen molar-refractivity contribution in [3.05, 3.63) is 63.2 Å². The number of aryl methyl sites for hydroxylation is 1. The summed E-state index contributed by atoms with van der Waals surface area (Å²) in [4.78, 5) is 15.0. The summed E-state index contributed by atoms with van der Waals surface area (Å²) in [5.74, 6) is 0. The van der Waals surface area contributed by atoms with Gasteiger partial charge in [-0.15, -0.1) is 0 Å². The Labute approximate surface area is 146 Å². The van der Waals surface area contributed by atoms with Gasteiger partial charge >= 0.3 is 0 Å². The molecule has 1 heterocycles. The normalized spacial score (nSPS) is 15.2. The van der Waals surface area contributed by atoms with Crippen molar-refractivity contribution in [1.29, 1.82) is 0 Å². The van der Waals surface area contributed by atoms with Crippen LogP contribution in [-0.4, -0.2) is 31.1 Å². The van der Waals surface area contributed by atoms with Crippen LogP contribution >= 0.6 is 11.6 Å². The molecule has 0 N–H and O–H groups in total. The van der Waals surface area contributed by atoms with Gasteiger partial charge in [-0.2, -0.15) is 0 Å². The van der Waals surface area contributed by atoms with E-state index in [0.29, 0.717) is 0 Å². The fraction of sp³-hybridized carbons (Fsp3) is 0.333. The SMILES string of the molecule is Cc1ccc(N2CCCN(c3ccc([N+](=O)[O-])cc3)CC2)cc1Cl. The van der Waals surface area contributed by atoms with E-state index in [9.17, 15) is 10.1 Å². The molecule has 2 aromatic carbocycles. The largest absolute Gasteiger partial charge is 0.370 e. The molecule has 0 saturated carbocycles.